The second-order valence-corrected chi connectivity index (χ2v) is 5.45. The summed E-state index contributed by atoms with van der Waals surface area (Å²) in [7, 11) is 0. The van der Waals surface area contributed by atoms with Gasteiger partial charge in [-0.15, -0.1) is 0 Å². The lowest BCUT2D eigenvalue weighted by atomic mass is 9.96. The Morgan fingerprint density at radius 2 is 2.00 bits per heavy atom. The predicted octanol–water partition coefficient (Wildman–Crippen LogP) is 3.46. The number of imidazole rings is 1. The maximum atomic E-state index is 14.8. The van der Waals surface area contributed by atoms with Crippen molar-refractivity contribution in [3.63, 3.8) is 0 Å². The van der Waals surface area contributed by atoms with Crippen molar-refractivity contribution < 1.29 is 4.39 Å². The maximum absolute atomic E-state index is 14.8. The van der Waals surface area contributed by atoms with Gasteiger partial charge in [-0.05, 0) is 25.0 Å². The van der Waals surface area contributed by atoms with Gasteiger partial charge in [-0.1, -0.05) is 32.4 Å². The first-order valence-electron chi connectivity index (χ1n) is 7.46. The number of hydrogen-bond acceptors (Lipinski definition) is 2. The fraction of sp³-hybridized carbons (Fsp3) is 0.562. The molecule has 1 heterocycles. The van der Waals surface area contributed by atoms with Gasteiger partial charge >= 0.3 is 0 Å². The zero-order chi connectivity index (χ0) is 14.6. The van der Waals surface area contributed by atoms with E-state index in [0.717, 1.165) is 36.2 Å². The van der Waals surface area contributed by atoms with E-state index in [0.29, 0.717) is 12.8 Å². The topological polar surface area (TPSA) is 43.8 Å². The Balaban J connectivity index is 2.39. The molecule has 2 N–H and O–H groups in total. The van der Waals surface area contributed by atoms with E-state index < -0.39 is 5.67 Å². The molecule has 0 spiro atoms. The van der Waals surface area contributed by atoms with Gasteiger partial charge in [-0.25, -0.2) is 9.37 Å². The van der Waals surface area contributed by atoms with Crippen molar-refractivity contribution >= 4 is 11.0 Å². The van der Waals surface area contributed by atoms with Gasteiger partial charge in [0.25, 0.3) is 0 Å². The largest absolute Gasteiger partial charge is 0.328 e. The van der Waals surface area contributed by atoms with E-state index in [4.69, 9.17) is 5.73 Å². The SMILES string of the molecule is CCCn1c(CC(F)(CN)CCC)nc2ccccc21. The maximum Gasteiger partial charge on any atom is 0.130 e. The Labute approximate surface area is 120 Å². The van der Waals surface area contributed by atoms with Crippen LogP contribution in [0.25, 0.3) is 11.0 Å². The smallest absolute Gasteiger partial charge is 0.130 e. The number of para-hydroxylation sites is 2. The van der Waals surface area contributed by atoms with Crippen LogP contribution >= 0.6 is 0 Å². The van der Waals surface area contributed by atoms with Gasteiger partial charge in [0.1, 0.15) is 11.5 Å². The summed E-state index contributed by atoms with van der Waals surface area (Å²) in [6, 6.07) is 7.99. The van der Waals surface area contributed by atoms with Crippen LogP contribution in [0.1, 0.15) is 38.9 Å². The third-order valence-electron chi connectivity index (χ3n) is 3.72. The molecule has 1 aromatic heterocycles. The van der Waals surface area contributed by atoms with Crippen molar-refractivity contribution in [3.8, 4) is 0 Å². The molecule has 0 aliphatic heterocycles. The summed E-state index contributed by atoms with van der Waals surface area (Å²) in [6.45, 7) is 5.02. The summed E-state index contributed by atoms with van der Waals surface area (Å²) in [5.74, 6) is 0.814. The van der Waals surface area contributed by atoms with Crippen molar-refractivity contribution in [1.29, 1.82) is 0 Å². The molecule has 0 aliphatic carbocycles. The Kier molecular flexibility index (Phi) is 4.76. The number of benzene rings is 1. The zero-order valence-corrected chi connectivity index (χ0v) is 12.4. The van der Waals surface area contributed by atoms with E-state index in [1.165, 1.54) is 0 Å². The van der Waals surface area contributed by atoms with Gasteiger partial charge < -0.3 is 10.3 Å². The van der Waals surface area contributed by atoms with Crippen LogP contribution in [0.5, 0.6) is 0 Å². The third-order valence-corrected chi connectivity index (χ3v) is 3.72. The van der Waals surface area contributed by atoms with Crippen LogP contribution in [-0.4, -0.2) is 21.8 Å². The van der Waals surface area contributed by atoms with Crippen LogP contribution in [0.3, 0.4) is 0 Å². The van der Waals surface area contributed by atoms with Crippen LogP contribution < -0.4 is 5.73 Å². The van der Waals surface area contributed by atoms with Crippen LogP contribution in [0.4, 0.5) is 4.39 Å². The molecule has 3 nitrogen and oxygen atoms in total. The molecule has 1 unspecified atom stereocenters. The zero-order valence-electron chi connectivity index (χ0n) is 12.4. The Hall–Kier alpha value is -1.42. The number of nitrogens with zero attached hydrogens (tertiary/aromatic N) is 2. The van der Waals surface area contributed by atoms with Crippen molar-refractivity contribution in [1.82, 2.24) is 9.55 Å². The standard InChI is InChI=1S/C16H24FN3/c1-3-9-16(17,12-18)11-15-19-13-7-5-6-8-14(13)20(15)10-4-2/h5-8H,3-4,9-12,18H2,1-2H3. The number of aromatic nitrogens is 2. The molecule has 0 saturated carbocycles. The Morgan fingerprint density at radius 3 is 2.65 bits per heavy atom. The fourth-order valence-corrected chi connectivity index (χ4v) is 2.73. The summed E-state index contributed by atoms with van der Waals surface area (Å²) in [5.41, 5.74) is 6.32. The summed E-state index contributed by atoms with van der Waals surface area (Å²) >= 11 is 0. The summed E-state index contributed by atoms with van der Waals surface area (Å²) in [5, 5.41) is 0. The first kappa shape index (κ1) is 15.0. The van der Waals surface area contributed by atoms with Crippen LogP contribution in [0.2, 0.25) is 0 Å². The van der Waals surface area contributed by atoms with Crippen LogP contribution in [-0.2, 0) is 13.0 Å². The van der Waals surface area contributed by atoms with Crippen molar-refractivity contribution in [2.24, 2.45) is 5.73 Å². The molecule has 0 radical (unpaired) electrons. The monoisotopic (exact) mass is 277 g/mol. The quantitative estimate of drug-likeness (QED) is 0.842. The normalized spacial score (nSPS) is 14.6. The van der Waals surface area contributed by atoms with Gasteiger partial charge in [-0.2, -0.15) is 0 Å². The molecule has 0 saturated heterocycles. The molecular formula is C16H24FN3. The van der Waals surface area contributed by atoms with Gasteiger partial charge in [0, 0.05) is 19.5 Å². The lowest BCUT2D eigenvalue weighted by Gasteiger charge is -2.23. The summed E-state index contributed by atoms with van der Waals surface area (Å²) in [4.78, 5) is 4.61. The number of rotatable bonds is 7. The second kappa shape index (κ2) is 6.35. The van der Waals surface area contributed by atoms with Gasteiger partial charge in [-0.3, -0.25) is 0 Å². The molecule has 110 valence electrons. The van der Waals surface area contributed by atoms with E-state index in [-0.39, 0.29) is 6.54 Å². The summed E-state index contributed by atoms with van der Waals surface area (Å²) < 4.78 is 16.9. The lowest BCUT2D eigenvalue weighted by Crippen LogP contribution is -2.36. The molecule has 0 bridgehead atoms. The van der Waals surface area contributed by atoms with Crippen molar-refractivity contribution in [2.45, 2.75) is 51.7 Å². The van der Waals surface area contributed by atoms with Gasteiger partial charge in [0.05, 0.1) is 11.0 Å². The molecule has 0 fully saturated rings. The number of alkyl halides is 1. The molecule has 20 heavy (non-hydrogen) atoms. The molecule has 1 aromatic carbocycles. The highest BCUT2D eigenvalue weighted by Crippen LogP contribution is 2.25. The molecule has 2 aromatic rings. The minimum Gasteiger partial charge on any atom is -0.328 e. The third kappa shape index (κ3) is 3.01. The lowest BCUT2D eigenvalue weighted by molar-refractivity contribution is 0.154. The predicted molar refractivity (Wildman–Crippen MR) is 81.5 cm³/mol. The average molecular weight is 277 g/mol. The second-order valence-electron chi connectivity index (χ2n) is 5.45. The van der Waals surface area contributed by atoms with Crippen LogP contribution in [0, 0.1) is 0 Å². The molecule has 0 aliphatic rings. The van der Waals surface area contributed by atoms with Gasteiger partial charge in [0.2, 0.25) is 0 Å². The van der Waals surface area contributed by atoms with E-state index in [1.807, 2.05) is 31.2 Å². The molecular weight excluding hydrogens is 253 g/mol. The average Bonchev–Trinajstić information content (AvgIpc) is 2.77. The molecule has 0 amide bonds. The number of nitrogens with two attached hydrogens (primary N) is 1. The highest BCUT2D eigenvalue weighted by atomic mass is 19.1. The number of hydrogen-bond donors (Lipinski definition) is 1. The minimum atomic E-state index is -1.35. The number of halogens is 1. The fourth-order valence-electron chi connectivity index (χ4n) is 2.73. The number of fused-ring (bicyclic) bond motifs is 1. The van der Waals surface area contributed by atoms with Crippen LogP contribution in [0.15, 0.2) is 24.3 Å². The van der Waals surface area contributed by atoms with E-state index in [1.54, 1.807) is 0 Å². The minimum absolute atomic E-state index is 0.0518. The van der Waals surface area contributed by atoms with E-state index in [2.05, 4.69) is 16.5 Å². The summed E-state index contributed by atoms with van der Waals surface area (Å²) in [6.07, 6.45) is 2.58. The van der Waals surface area contributed by atoms with E-state index in [9.17, 15) is 4.39 Å². The highest BCUT2D eigenvalue weighted by molar-refractivity contribution is 5.75. The van der Waals surface area contributed by atoms with Crippen molar-refractivity contribution in [3.05, 3.63) is 30.1 Å². The van der Waals surface area contributed by atoms with E-state index >= 15 is 0 Å². The molecule has 1 atom stereocenters. The first-order chi connectivity index (χ1) is 9.63. The highest BCUT2D eigenvalue weighted by Gasteiger charge is 2.29. The first-order valence-corrected chi connectivity index (χ1v) is 7.46. The number of aryl methyl sites for hydroxylation is 1. The Bertz CT molecular complexity index is 564. The van der Waals surface area contributed by atoms with Gasteiger partial charge in [0.15, 0.2) is 0 Å². The Morgan fingerprint density at radius 1 is 1.25 bits per heavy atom. The van der Waals surface area contributed by atoms with Crippen molar-refractivity contribution in [2.75, 3.05) is 6.54 Å². The molecule has 2 rings (SSSR count). The molecule has 4 heteroatoms.